The summed E-state index contributed by atoms with van der Waals surface area (Å²) >= 11 is 11.8. The van der Waals surface area contributed by atoms with Crippen molar-refractivity contribution in [1.82, 2.24) is 0 Å². The van der Waals surface area contributed by atoms with Crippen LogP contribution in [0.1, 0.15) is 19.3 Å². The van der Waals surface area contributed by atoms with E-state index in [1.165, 1.54) is 19.3 Å². The van der Waals surface area contributed by atoms with Gasteiger partial charge < -0.3 is 11.1 Å². The molecule has 2 rings (SSSR count). The van der Waals surface area contributed by atoms with Crippen LogP contribution in [0.2, 0.25) is 10.0 Å². The summed E-state index contributed by atoms with van der Waals surface area (Å²) in [6.07, 6.45) is 3.98. The first-order chi connectivity index (χ1) is 7.16. The normalized spacial score (nSPS) is 16.1. The summed E-state index contributed by atoms with van der Waals surface area (Å²) in [4.78, 5) is 0. The van der Waals surface area contributed by atoms with Crippen molar-refractivity contribution in [2.24, 2.45) is 5.92 Å². The summed E-state index contributed by atoms with van der Waals surface area (Å²) in [5, 5.41) is 4.36. The van der Waals surface area contributed by atoms with Gasteiger partial charge in [0.25, 0.3) is 0 Å². The molecule has 0 radical (unpaired) electrons. The van der Waals surface area contributed by atoms with E-state index < -0.39 is 0 Å². The van der Waals surface area contributed by atoms with Crippen molar-refractivity contribution in [2.45, 2.75) is 19.3 Å². The Hall–Kier alpha value is -0.600. The molecule has 82 valence electrons. The molecule has 1 aliphatic rings. The molecule has 0 saturated heterocycles. The van der Waals surface area contributed by atoms with Gasteiger partial charge in [0.15, 0.2) is 0 Å². The number of halogens is 2. The van der Waals surface area contributed by atoms with Crippen LogP contribution in [-0.4, -0.2) is 6.54 Å². The molecule has 1 aliphatic carbocycles. The van der Waals surface area contributed by atoms with Crippen LogP contribution >= 0.6 is 23.2 Å². The van der Waals surface area contributed by atoms with Crippen LogP contribution in [0, 0.1) is 5.92 Å². The van der Waals surface area contributed by atoms with Gasteiger partial charge in [-0.3, -0.25) is 0 Å². The van der Waals surface area contributed by atoms with E-state index in [1.807, 2.05) is 0 Å². The predicted octanol–water partition coefficient (Wildman–Crippen LogP) is 3.79. The molecule has 0 atom stereocenters. The van der Waals surface area contributed by atoms with Crippen LogP contribution in [0.15, 0.2) is 12.1 Å². The van der Waals surface area contributed by atoms with Gasteiger partial charge in [0, 0.05) is 6.54 Å². The molecule has 0 amide bonds. The van der Waals surface area contributed by atoms with Crippen molar-refractivity contribution in [3.63, 3.8) is 0 Å². The van der Waals surface area contributed by atoms with E-state index >= 15 is 0 Å². The molecule has 1 aromatic rings. The molecule has 4 heteroatoms. The lowest BCUT2D eigenvalue weighted by atomic mass is 9.85. The quantitative estimate of drug-likeness (QED) is 0.795. The van der Waals surface area contributed by atoms with Crippen molar-refractivity contribution < 1.29 is 0 Å². The fourth-order valence-electron chi connectivity index (χ4n) is 1.67. The van der Waals surface area contributed by atoms with Crippen molar-refractivity contribution in [1.29, 1.82) is 0 Å². The highest BCUT2D eigenvalue weighted by Gasteiger charge is 2.17. The van der Waals surface area contributed by atoms with E-state index in [2.05, 4.69) is 5.32 Å². The molecule has 0 aromatic heterocycles. The van der Waals surface area contributed by atoms with E-state index in [1.54, 1.807) is 12.1 Å². The standard InChI is InChI=1S/C11H14Cl2N2/c12-8-4-10(14)11(5-9(8)13)15-6-7-2-1-3-7/h4-5,7,15H,1-3,6,14H2. The molecule has 1 fully saturated rings. The largest absolute Gasteiger partial charge is 0.397 e. The van der Waals surface area contributed by atoms with Crippen LogP contribution in [0.25, 0.3) is 0 Å². The lowest BCUT2D eigenvalue weighted by molar-refractivity contribution is 0.333. The first kappa shape index (κ1) is 10.9. The topological polar surface area (TPSA) is 38.0 Å². The van der Waals surface area contributed by atoms with E-state index in [0.717, 1.165) is 18.2 Å². The van der Waals surface area contributed by atoms with Crippen LogP contribution in [0.5, 0.6) is 0 Å². The minimum atomic E-state index is 0.503. The van der Waals surface area contributed by atoms with Gasteiger partial charge in [-0.05, 0) is 30.9 Å². The van der Waals surface area contributed by atoms with Gasteiger partial charge in [-0.2, -0.15) is 0 Å². The molecule has 0 spiro atoms. The lowest BCUT2D eigenvalue weighted by Gasteiger charge is -2.26. The van der Waals surface area contributed by atoms with Crippen molar-refractivity contribution in [3.05, 3.63) is 22.2 Å². The van der Waals surface area contributed by atoms with Gasteiger partial charge in [0.2, 0.25) is 0 Å². The van der Waals surface area contributed by atoms with Gasteiger partial charge in [-0.15, -0.1) is 0 Å². The summed E-state index contributed by atoms with van der Waals surface area (Å²) in [6.45, 7) is 0.974. The third kappa shape index (κ3) is 2.50. The van der Waals surface area contributed by atoms with Crippen LogP contribution < -0.4 is 11.1 Å². The van der Waals surface area contributed by atoms with Gasteiger partial charge >= 0.3 is 0 Å². The molecule has 3 N–H and O–H groups in total. The Labute approximate surface area is 99.7 Å². The number of hydrogen-bond acceptors (Lipinski definition) is 2. The number of nitrogens with two attached hydrogens (primary N) is 1. The zero-order chi connectivity index (χ0) is 10.8. The molecule has 15 heavy (non-hydrogen) atoms. The Kier molecular flexibility index (Phi) is 3.27. The number of benzene rings is 1. The van der Waals surface area contributed by atoms with Gasteiger partial charge in [-0.1, -0.05) is 29.6 Å². The Morgan fingerprint density at radius 2 is 1.93 bits per heavy atom. The lowest BCUT2D eigenvalue weighted by Crippen LogP contribution is -2.21. The number of anilines is 2. The zero-order valence-corrected chi connectivity index (χ0v) is 9.91. The maximum absolute atomic E-state index is 5.92. The smallest absolute Gasteiger partial charge is 0.0614 e. The minimum Gasteiger partial charge on any atom is -0.397 e. The molecule has 0 heterocycles. The average molecular weight is 245 g/mol. The maximum Gasteiger partial charge on any atom is 0.0614 e. The van der Waals surface area contributed by atoms with E-state index in [-0.39, 0.29) is 0 Å². The minimum absolute atomic E-state index is 0.503. The Balaban J connectivity index is 2.03. The zero-order valence-electron chi connectivity index (χ0n) is 8.39. The fraction of sp³-hybridized carbons (Fsp3) is 0.455. The highest BCUT2D eigenvalue weighted by molar-refractivity contribution is 6.42. The highest BCUT2D eigenvalue weighted by Crippen LogP contribution is 2.32. The second-order valence-electron chi connectivity index (χ2n) is 4.03. The second-order valence-corrected chi connectivity index (χ2v) is 4.85. The number of nitrogens with one attached hydrogen (secondary N) is 1. The molecule has 0 unspecified atom stereocenters. The Bertz CT molecular complexity index is 362. The molecule has 0 aliphatic heterocycles. The molecule has 1 aromatic carbocycles. The van der Waals surface area contributed by atoms with E-state index in [0.29, 0.717) is 15.7 Å². The summed E-state index contributed by atoms with van der Waals surface area (Å²) in [5.74, 6) is 0.791. The van der Waals surface area contributed by atoms with Crippen molar-refractivity contribution in [2.75, 3.05) is 17.6 Å². The number of nitrogen functional groups attached to an aromatic ring is 1. The number of hydrogen-bond donors (Lipinski definition) is 2. The summed E-state index contributed by atoms with van der Waals surface area (Å²) < 4.78 is 0. The van der Waals surface area contributed by atoms with Crippen LogP contribution in [-0.2, 0) is 0 Å². The third-order valence-electron chi connectivity index (χ3n) is 2.90. The summed E-state index contributed by atoms with van der Waals surface area (Å²) in [7, 11) is 0. The van der Waals surface area contributed by atoms with Gasteiger partial charge in [0.05, 0.1) is 21.4 Å². The van der Waals surface area contributed by atoms with Crippen molar-refractivity contribution >= 4 is 34.6 Å². The monoisotopic (exact) mass is 244 g/mol. The first-order valence-electron chi connectivity index (χ1n) is 5.15. The summed E-state index contributed by atoms with van der Waals surface area (Å²) in [5.41, 5.74) is 7.37. The summed E-state index contributed by atoms with van der Waals surface area (Å²) in [6, 6.07) is 3.48. The highest BCUT2D eigenvalue weighted by atomic mass is 35.5. The van der Waals surface area contributed by atoms with E-state index in [4.69, 9.17) is 28.9 Å². The van der Waals surface area contributed by atoms with Crippen LogP contribution in [0.4, 0.5) is 11.4 Å². The van der Waals surface area contributed by atoms with Crippen molar-refractivity contribution in [3.8, 4) is 0 Å². The molecule has 1 saturated carbocycles. The molecule has 2 nitrogen and oxygen atoms in total. The Morgan fingerprint density at radius 1 is 1.27 bits per heavy atom. The maximum atomic E-state index is 5.92. The Morgan fingerprint density at radius 3 is 2.53 bits per heavy atom. The van der Waals surface area contributed by atoms with Gasteiger partial charge in [-0.25, -0.2) is 0 Å². The first-order valence-corrected chi connectivity index (χ1v) is 5.91. The molecule has 0 bridgehead atoms. The van der Waals surface area contributed by atoms with Crippen LogP contribution in [0.3, 0.4) is 0 Å². The molecular weight excluding hydrogens is 231 g/mol. The fourth-order valence-corrected chi connectivity index (χ4v) is 2.00. The second kappa shape index (κ2) is 4.50. The van der Waals surface area contributed by atoms with E-state index in [9.17, 15) is 0 Å². The molecular formula is C11H14Cl2N2. The van der Waals surface area contributed by atoms with Gasteiger partial charge in [0.1, 0.15) is 0 Å². The third-order valence-corrected chi connectivity index (χ3v) is 3.62. The SMILES string of the molecule is Nc1cc(Cl)c(Cl)cc1NCC1CCC1. The number of rotatable bonds is 3. The average Bonchev–Trinajstić information content (AvgIpc) is 2.11. The predicted molar refractivity (Wildman–Crippen MR) is 66.7 cm³/mol.